The normalized spacial score (nSPS) is 14.7. The molecule has 0 saturated heterocycles. The van der Waals surface area contributed by atoms with Crippen LogP contribution in [0.15, 0.2) is 6.20 Å². The van der Waals surface area contributed by atoms with Gasteiger partial charge < -0.3 is 10.1 Å². The first-order valence-corrected chi connectivity index (χ1v) is 6.85. The summed E-state index contributed by atoms with van der Waals surface area (Å²) in [6.07, 6.45) is -3.11. The van der Waals surface area contributed by atoms with Crippen molar-refractivity contribution in [1.29, 1.82) is 0 Å². The molecule has 1 aromatic heterocycles. The van der Waals surface area contributed by atoms with Crippen LogP contribution in [0.1, 0.15) is 43.6 Å². The number of halogens is 3. The van der Waals surface area contributed by atoms with Gasteiger partial charge in [-0.25, -0.2) is 4.98 Å². The fraction of sp³-hybridized carbons (Fsp3) is 0.750. The minimum atomic E-state index is -4.38. The molecule has 1 N–H and O–H groups in total. The van der Waals surface area contributed by atoms with Gasteiger partial charge >= 0.3 is 6.18 Å². The second-order valence-electron chi connectivity index (χ2n) is 5.10. The van der Waals surface area contributed by atoms with Crippen molar-refractivity contribution in [2.75, 3.05) is 13.2 Å². The third kappa shape index (κ3) is 5.46. The molecule has 110 valence electrons. The number of alkyl halides is 3. The summed E-state index contributed by atoms with van der Waals surface area (Å²) >= 11 is 0.660. The van der Waals surface area contributed by atoms with Gasteiger partial charge in [0.25, 0.3) is 0 Å². The molecule has 1 aromatic rings. The van der Waals surface area contributed by atoms with Crippen LogP contribution in [0.25, 0.3) is 0 Å². The van der Waals surface area contributed by atoms with Crippen LogP contribution >= 0.6 is 11.3 Å². The summed E-state index contributed by atoms with van der Waals surface area (Å²) < 4.78 is 43.2. The Morgan fingerprint density at radius 1 is 1.37 bits per heavy atom. The van der Waals surface area contributed by atoms with E-state index in [9.17, 15) is 13.2 Å². The smallest absolute Gasteiger partial charge is 0.374 e. The summed E-state index contributed by atoms with van der Waals surface area (Å²) in [7, 11) is 0. The molecule has 1 atom stereocenters. The van der Waals surface area contributed by atoms with Gasteiger partial charge in [0, 0.05) is 11.1 Å². The highest BCUT2D eigenvalue weighted by Crippen LogP contribution is 2.34. The lowest BCUT2D eigenvalue weighted by atomic mass is 10.2. The lowest BCUT2D eigenvalue weighted by Gasteiger charge is -2.24. The van der Waals surface area contributed by atoms with E-state index in [1.54, 1.807) is 0 Å². The van der Waals surface area contributed by atoms with Crippen molar-refractivity contribution in [3.8, 4) is 0 Å². The molecule has 1 unspecified atom stereocenters. The number of nitrogens with one attached hydrogen (secondary N) is 1. The predicted octanol–water partition coefficient (Wildman–Crippen LogP) is 3.63. The monoisotopic (exact) mass is 296 g/mol. The minimum Gasteiger partial charge on any atom is -0.374 e. The first kappa shape index (κ1) is 16.4. The van der Waals surface area contributed by atoms with Crippen molar-refractivity contribution in [3.63, 3.8) is 0 Å². The van der Waals surface area contributed by atoms with Gasteiger partial charge in [0.2, 0.25) is 0 Å². The minimum absolute atomic E-state index is 0.266. The standard InChI is InChI=1S/C12H19F3N2OS/c1-5-16-8(7-18-11(2,3)4)9-6-17-10(19-9)12(13,14)15/h6,8,16H,5,7H2,1-4H3. The van der Waals surface area contributed by atoms with Gasteiger partial charge in [-0.15, -0.1) is 11.3 Å². The molecule has 7 heteroatoms. The van der Waals surface area contributed by atoms with E-state index in [1.807, 2.05) is 27.7 Å². The maximum Gasteiger partial charge on any atom is 0.443 e. The number of hydrogen-bond donors (Lipinski definition) is 1. The lowest BCUT2D eigenvalue weighted by Crippen LogP contribution is -2.29. The Hall–Kier alpha value is -0.660. The van der Waals surface area contributed by atoms with Crippen molar-refractivity contribution in [3.05, 3.63) is 16.1 Å². The number of rotatable bonds is 5. The van der Waals surface area contributed by atoms with Crippen LogP contribution in [0.3, 0.4) is 0 Å². The number of likely N-dealkylation sites (N-methyl/N-ethyl adjacent to an activating group) is 1. The number of aromatic nitrogens is 1. The first-order valence-electron chi connectivity index (χ1n) is 6.03. The van der Waals surface area contributed by atoms with Gasteiger partial charge in [-0.1, -0.05) is 6.92 Å². The summed E-state index contributed by atoms with van der Waals surface area (Å²) in [5.74, 6) is 0. The van der Waals surface area contributed by atoms with E-state index in [1.165, 1.54) is 6.20 Å². The molecule has 0 saturated carbocycles. The second-order valence-corrected chi connectivity index (χ2v) is 6.16. The van der Waals surface area contributed by atoms with Gasteiger partial charge in [-0.05, 0) is 27.3 Å². The first-order chi connectivity index (χ1) is 8.63. The summed E-state index contributed by atoms with van der Waals surface area (Å²) in [4.78, 5) is 3.97. The number of hydrogen-bond acceptors (Lipinski definition) is 4. The highest BCUT2D eigenvalue weighted by molar-refractivity contribution is 7.11. The number of nitrogens with zero attached hydrogens (tertiary/aromatic N) is 1. The van der Waals surface area contributed by atoms with Gasteiger partial charge in [0.1, 0.15) is 0 Å². The van der Waals surface area contributed by atoms with E-state index in [2.05, 4.69) is 10.3 Å². The average molecular weight is 296 g/mol. The molecule has 0 fully saturated rings. The number of thiazole rings is 1. The quantitative estimate of drug-likeness (QED) is 0.901. The van der Waals surface area contributed by atoms with E-state index < -0.39 is 11.2 Å². The highest BCUT2D eigenvalue weighted by atomic mass is 32.1. The second kappa shape index (κ2) is 6.19. The van der Waals surface area contributed by atoms with Gasteiger partial charge in [0.05, 0.1) is 18.2 Å². The maximum absolute atomic E-state index is 12.5. The lowest BCUT2D eigenvalue weighted by molar-refractivity contribution is -0.137. The fourth-order valence-corrected chi connectivity index (χ4v) is 2.24. The molecular formula is C12H19F3N2OS. The predicted molar refractivity (Wildman–Crippen MR) is 69.2 cm³/mol. The van der Waals surface area contributed by atoms with Gasteiger partial charge in [0.15, 0.2) is 5.01 Å². The summed E-state index contributed by atoms with van der Waals surface area (Å²) in [5.41, 5.74) is -0.328. The summed E-state index contributed by atoms with van der Waals surface area (Å²) in [5, 5.41) is 2.30. The third-order valence-electron chi connectivity index (χ3n) is 2.24. The van der Waals surface area contributed by atoms with Crippen LogP contribution in [-0.4, -0.2) is 23.7 Å². The molecule has 0 bridgehead atoms. The molecular weight excluding hydrogens is 277 g/mol. The Balaban J connectivity index is 2.78. The van der Waals surface area contributed by atoms with E-state index in [0.717, 1.165) is 0 Å². The molecule has 0 spiro atoms. The van der Waals surface area contributed by atoms with E-state index in [0.29, 0.717) is 29.4 Å². The van der Waals surface area contributed by atoms with Crippen molar-refractivity contribution in [1.82, 2.24) is 10.3 Å². The number of ether oxygens (including phenoxy) is 1. The molecule has 19 heavy (non-hydrogen) atoms. The molecule has 1 rings (SSSR count). The Labute approximate surface area is 115 Å². The van der Waals surface area contributed by atoms with Crippen molar-refractivity contribution >= 4 is 11.3 Å². The van der Waals surface area contributed by atoms with Crippen LogP contribution in [0, 0.1) is 0 Å². The maximum atomic E-state index is 12.5. The molecule has 0 aliphatic rings. The zero-order valence-electron chi connectivity index (χ0n) is 11.5. The highest BCUT2D eigenvalue weighted by Gasteiger charge is 2.35. The Morgan fingerprint density at radius 2 is 2.00 bits per heavy atom. The molecule has 1 heterocycles. The zero-order valence-corrected chi connectivity index (χ0v) is 12.3. The fourth-order valence-electron chi connectivity index (χ4n) is 1.40. The molecule has 0 radical (unpaired) electrons. The van der Waals surface area contributed by atoms with Crippen molar-refractivity contribution in [2.45, 2.75) is 45.5 Å². The van der Waals surface area contributed by atoms with Crippen LogP contribution < -0.4 is 5.32 Å². The van der Waals surface area contributed by atoms with Crippen LogP contribution in [0.2, 0.25) is 0 Å². The molecule has 0 aliphatic carbocycles. The summed E-state index contributed by atoms with van der Waals surface area (Å²) in [6.45, 7) is 8.58. The largest absolute Gasteiger partial charge is 0.443 e. The topological polar surface area (TPSA) is 34.1 Å². The Morgan fingerprint density at radius 3 is 2.42 bits per heavy atom. The molecule has 0 amide bonds. The van der Waals surface area contributed by atoms with Crippen LogP contribution in [0.4, 0.5) is 13.2 Å². The SMILES string of the molecule is CCNC(COC(C)(C)C)c1cnc(C(F)(F)F)s1. The van der Waals surface area contributed by atoms with Gasteiger partial charge in [-0.3, -0.25) is 0 Å². The molecule has 0 aliphatic heterocycles. The Kier molecular flexibility index (Phi) is 5.34. The molecule has 0 aromatic carbocycles. The third-order valence-corrected chi connectivity index (χ3v) is 3.40. The van der Waals surface area contributed by atoms with Gasteiger partial charge in [-0.2, -0.15) is 13.2 Å². The van der Waals surface area contributed by atoms with E-state index in [4.69, 9.17) is 4.74 Å². The van der Waals surface area contributed by atoms with Crippen molar-refractivity contribution < 1.29 is 17.9 Å². The Bertz CT molecular complexity index is 398. The molecule has 3 nitrogen and oxygen atoms in total. The zero-order chi connectivity index (χ0) is 14.7. The average Bonchev–Trinajstić information content (AvgIpc) is 2.71. The van der Waals surface area contributed by atoms with E-state index in [-0.39, 0.29) is 11.6 Å². The van der Waals surface area contributed by atoms with Crippen LogP contribution in [0.5, 0.6) is 0 Å². The van der Waals surface area contributed by atoms with Crippen molar-refractivity contribution in [2.24, 2.45) is 0 Å². The summed E-state index contributed by atoms with van der Waals surface area (Å²) in [6, 6.07) is -0.266. The van der Waals surface area contributed by atoms with E-state index >= 15 is 0 Å². The van der Waals surface area contributed by atoms with Crippen LogP contribution in [-0.2, 0) is 10.9 Å².